The van der Waals surface area contributed by atoms with Gasteiger partial charge in [-0.25, -0.2) is 0 Å². The van der Waals surface area contributed by atoms with E-state index in [1.807, 2.05) is 24.6 Å². The topological polar surface area (TPSA) is 69.9 Å². The molecule has 108 valence electrons. The van der Waals surface area contributed by atoms with Crippen molar-refractivity contribution in [2.45, 2.75) is 31.2 Å². The first-order chi connectivity index (χ1) is 9.63. The van der Waals surface area contributed by atoms with Crippen molar-refractivity contribution in [1.82, 2.24) is 20.0 Å². The second kappa shape index (κ2) is 6.85. The van der Waals surface area contributed by atoms with Crippen LogP contribution in [0.3, 0.4) is 0 Å². The van der Waals surface area contributed by atoms with Crippen LogP contribution in [0.15, 0.2) is 10.4 Å². The Bertz CT molecular complexity index is 594. The van der Waals surface area contributed by atoms with Crippen molar-refractivity contribution in [1.29, 1.82) is 0 Å². The molecule has 2 rings (SSSR count). The molecular formula is C12H16N4O2S2. The molecular weight excluding hydrogens is 296 g/mol. The van der Waals surface area contributed by atoms with Crippen molar-refractivity contribution < 1.29 is 9.53 Å². The van der Waals surface area contributed by atoms with Crippen LogP contribution in [0.5, 0.6) is 0 Å². The van der Waals surface area contributed by atoms with Crippen molar-refractivity contribution in [3.63, 3.8) is 0 Å². The molecule has 0 saturated heterocycles. The molecule has 0 aliphatic carbocycles. The molecule has 0 spiro atoms. The van der Waals surface area contributed by atoms with E-state index in [0.29, 0.717) is 12.2 Å². The highest BCUT2D eigenvalue weighted by molar-refractivity contribution is 8.01. The third-order valence-electron chi connectivity index (χ3n) is 2.59. The van der Waals surface area contributed by atoms with Gasteiger partial charge < -0.3 is 4.74 Å². The van der Waals surface area contributed by atoms with Crippen LogP contribution in [0.1, 0.15) is 19.0 Å². The maximum Gasteiger partial charge on any atom is 0.306 e. The molecule has 2 aromatic heterocycles. The SMILES string of the molecule is CCn1nc(C)cc1-c1nnc(SCCC(=O)OC)s1. The summed E-state index contributed by atoms with van der Waals surface area (Å²) in [5.74, 6) is 0.440. The van der Waals surface area contributed by atoms with Crippen LogP contribution in [0.2, 0.25) is 0 Å². The van der Waals surface area contributed by atoms with Gasteiger partial charge in [-0.3, -0.25) is 9.48 Å². The molecule has 6 nitrogen and oxygen atoms in total. The quantitative estimate of drug-likeness (QED) is 0.602. The first kappa shape index (κ1) is 15.0. The Morgan fingerprint density at radius 3 is 3.00 bits per heavy atom. The fraction of sp³-hybridized carbons (Fsp3) is 0.500. The van der Waals surface area contributed by atoms with Gasteiger partial charge in [0.1, 0.15) is 0 Å². The summed E-state index contributed by atoms with van der Waals surface area (Å²) in [4.78, 5) is 11.0. The highest BCUT2D eigenvalue weighted by Gasteiger charge is 2.13. The third kappa shape index (κ3) is 3.57. The van der Waals surface area contributed by atoms with Crippen molar-refractivity contribution in [2.75, 3.05) is 12.9 Å². The summed E-state index contributed by atoms with van der Waals surface area (Å²) in [5.41, 5.74) is 1.96. The zero-order valence-corrected chi connectivity index (χ0v) is 13.3. The van der Waals surface area contributed by atoms with Gasteiger partial charge in [0.25, 0.3) is 0 Å². The fourth-order valence-corrected chi connectivity index (χ4v) is 3.52. The highest BCUT2D eigenvalue weighted by atomic mass is 32.2. The number of aromatic nitrogens is 4. The molecule has 0 radical (unpaired) electrons. The lowest BCUT2D eigenvalue weighted by molar-refractivity contribution is -0.140. The second-order valence-corrected chi connectivity index (χ2v) is 6.35. The van der Waals surface area contributed by atoms with E-state index >= 15 is 0 Å². The summed E-state index contributed by atoms with van der Waals surface area (Å²) < 4.78 is 7.37. The minimum Gasteiger partial charge on any atom is -0.469 e. The van der Waals surface area contributed by atoms with Crippen LogP contribution in [-0.4, -0.2) is 38.8 Å². The van der Waals surface area contributed by atoms with Gasteiger partial charge in [-0.1, -0.05) is 23.1 Å². The summed E-state index contributed by atoms with van der Waals surface area (Å²) in [6.07, 6.45) is 0.377. The summed E-state index contributed by atoms with van der Waals surface area (Å²) >= 11 is 3.03. The van der Waals surface area contributed by atoms with Crippen LogP contribution in [0.25, 0.3) is 10.7 Å². The van der Waals surface area contributed by atoms with Crippen molar-refractivity contribution in [3.8, 4) is 10.7 Å². The van der Waals surface area contributed by atoms with Gasteiger partial charge in [0, 0.05) is 12.3 Å². The Kier molecular flexibility index (Phi) is 5.13. The number of hydrogen-bond acceptors (Lipinski definition) is 7. The summed E-state index contributed by atoms with van der Waals surface area (Å²) in [6.45, 7) is 4.80. The number of nitrogens with zero attached hydrogens (tertiary/aromatic N) is 4. The molecule has 0 bridgehead atoms. The smallest absolute Gasteiger partial charge is 0.306 e. The lowest BCUT2D eigenvalue weighted by Gasteiger charge is -1.99. The predicted molar refractivity (Wildman–Crippen MR) is 78.9 cm³/mol. The Hall–Kier alpha value is -1.41. The number of aryl methyl sites for hydroxylation is 2. The van der Waals surface area contributed by atoms with E-state index in [9.17, 15) is 4.79 Å². The van der Waals surface area contributed by atoms with E-state index in [1.54, 1.807) is 0 Å². The Balaban J connectivity index is 2.03. The average Bonchev–Trinajstić information content (AvgIpc) is 3.04. The van der Waals surface area contributed by atoms with Gasteiger partial charge in [0.2, 0.25) is 0 Å². The van der Waals surface area contributed by atoms with Crippen LogP contribution in [0.4, 0.5) is 0 Å². The number of esters is 1. The number of hydrogen-bond donors (Lipinski definition) is 0. The molecule has 20 heavy (non-hydrogen) atoms. The Labute approximate surface area is 125 Å². The van der Waals surface area contributed by atoms with Crippen LogP contribution in [0, 0.1) is 6.92 Å². The van der Waals surface area contributed by atoms with E-state index in [-0.39, 0.29) is 5.97 Å². The number of thioether (sulfide) groups is 1. The number of rotatable bonds is 6. The normalized spacial score (nSPS) is 10.8. The zero-order valence-electron chi connectivity index (χ0n) is 11.6. The molecule has 2 aromatic rings. The van der Waals surface area contributed by atoms with E-state index in [1.165, 1.54) is 30.2 Å². The second-order valence-electron chi connectivity index (χ2n) is 4.03. The monoisotopic (exact) mass is 312 g/mol. The van der Waals surface area contributed by atoms with Gasteiger partial charge in [0.15, 0.2) is 9.35 Å². The number of ether oxygens (including phenoxy) is 1. The van der Waals surface area contributed by atoms with Gasteiger partial charge in [-0.05, 0) is 19.9 Å². The molecule has 0 aliphatic rings. The molecule has 2 heterocycles. The van der Waals surface area contributed by atoms with Gasteiger partial charge in [0.05, 0.1) is 24.9 Å². The standard InChI is InChI=1S/C12H16N4O2S2/c1-4-16-9(7-8(2)15-16)11-13-14-12(20-11)19-6-5-10(17)18-3/h7H,4-6H2,1-3H3. The third-order valence-corrected chi connectivity index (χ3v) is 4.67. The molecule has 0 N–H and O–H groups in total. The van der Waals surface area contributed by atoms with Gasteiger partial charge in [-0.2, -0.15) is 5.10 Å². The zero-order chi connectivity index (χ0) is 14.5. The van der Waals surface area contributed by atoms with E-state index in [2.05, 4.69) is 20.0 Å². The average molecular weight is 312 g/mol. The van der Waals surface area contributed by atoms with Crippen molar-refractivity contribution in [2.24, 2.45) is 0 Å². The predicted octanol–water partition coefficient (Wildman–Crippen LogP) is 2.39. The van der Waals surface area contributed by atoms with Crippen molar-refractivity contribution >= 4 is 29.1 Å². The molecule has 0 saturated carbocycles. The van der Waals surface area contributed by atoms with E-state index in [0.717, 1.165) is 27.3 Å². The van der Waals surface area contributed by atoms with Crippen LogP contribution >= 0.6 is 23.1 Å². The Morgan fingerprint density at radius 1 is 1.50 bits per heavy atom. The number of carbonyl (C=O) groups is 1. The maximum absolute atomic E-state index is 11.0. The van der Waals surface area contributed by atoms with Gasteiger partial charge in [-0.15, -0.1) is 10.2 Å². The van der Waals surface area contributed by atoms with Crippen LogP contribution in [-0.2, 0) is 16.1 Å². The molecule has 0 unspecified atom stereocenters. The molecule has 0 aliphatic heterocycles. The minimum atomic E-state index is -0.207. The number of carbonyl (C=O) groups excluding carboxylic acids is 1. The summed E-state index contributed by atoms with van der Waals surface area (Å²) in [6, 6.07) is 2.01. The summed E-state index contributed by atoms with van der Waals surface area (Å²) in [5, 5.41) is 13.6. The largest absolute Gasteiger partial charge is 0.469 e. The molecule has 8 heteroatoms. The van der Waals surface area contributed by atoms with E-state index in [4.69, 9.17) is 0 Å². The molecule has 0 aromatic carbocycles. The Morgan fingerprint density at radius 2 is 2.30 bits per heavy atom. The van der Waals surface area contributed by atoms with Crippen molar-refractivity contribution in [3.05, 3.63) is 11.8 Å². The molecule has 0 fully saturated rings. The number of methoxy groups -OCH3 is 1. The maximum atomic E-state index is 11.0. The minimum absolute atomic E-state index is 0.207. The van der Waals surface area contributed by atoms with Crippen LogP contribution < -0.4 is 0 Å². The lowest BCUT2D eigenvalue weighted by Crippen LogP contribution is -2.00. The first-order valence-electron chi connectivity index (χ1n) is 6.22. The van der Waals surface area contributed by atoms with E-state index < -0.39 is 0 Å². The van der Waals surface area contributed by atoms with Gasteiger partial charge >= 0.3 is 5.97 Å². The summed E-state index contributed by atoms with van der Waals surface area (Å²) in [7, 11) is 1.39. The highest BCUT2D eigenvalue weighted by Crippen LogP contribution is 2.30. The fourth-order valence-electron chi connectivity index (χ4n) is 1.65. The molecule has 0 amide bonds. The first-order valence-corrected chi connectivity index (χ1v) is 8.02. The lowest BCUT2D eigenvalue weighted by atomic mass is 10.4. The molecule has 0 atom stereocenters.